The van der Waals surface area contributed by atoms with Gasteiger partial charge < -0.3 is 19.7 Å². The van der Waals surface area contributed by atoms with Crippen LogP contribution in [0.4, 0.5) is 0 Å². The Hall–Kier alpha value is -0.720. The number of halogens is 3. The Morgan fingerprint density at radius 3 is 2.48 bits per heavy atom. The predicted octanol–water partition coefficient (Wildman–Crippen LogP) is 3.27. The molecule has 25 heavy (non-hydrogen) atoms. The maximum atomic E-state index is 12.1. The molecule has 0 unspecified atom stereocenters. The first kappa shape index (κ1) is 22.3. The van der Waals surface area contributed by atoms with Crippen LogP contribution >= 0.6 is 35.6 Å². The second kappa shape index (κ2) is 11.8. The van der Waals surface area contributed by atoms with Gasteiger partial charge in [-0.05, 0) is 37.0 Å². The summed E-state index contributed by atoms with van der Waals surface area (Å²) in [6, 6.07) is 5.20. The van der Waals surface area contributed by atoms with E-state index < -0.39 is 0 Å². The molecule has 0 saturated carbocycles. The Bertz CT molecular complexity index is 518. The van der Waals surface area contributed by atoms with E-state index in [4.69, 9.17) is 32.7 Å². The van der Waals surface area contributed by atoms with Gasteiger partial charge in [-0.1, -0.05) is 23.2 Å². The SMILES string of the molecule is COCCNCC(=O)N1CCC(COc2cc(Cl)cc(Cl)c2)CC1.Cl. The molecule has 1 saturated heterocycles. The lowest BCUT2D eigenvalue weighted by Gasteiger charge is -2.32. The van der Waals surface area contributed by atoms with Crippen LogP contribution in [0, 0.1) is 5.92 Å². The van der Waals surface area contributed by atoms with Gasteiger partial charge in [-0.25, -0.2) is 0 Å². The van der Waals surface area contributed by atoms with Crippen molar-refractivity contribution < 1.29 is 14.3 Å². The highest BCUT2D eigenvalue weighted by molar-refractivity contribution is 6.34. The van der Waals surface area contributed by atoms with Crippen molar-refractivity contribution in [2.24, 2.45) is 5.92 Å². The molecule has 1 amide bonds. The zero-order valence-corrected chi connectivity index (χ0v) is 16.6. The van der Waals surface area contributed by atoms with Gasteiger partial charge in [0.15, 0.2) is 0 Å². The van der Waals surface area contributed by atoms with Crippen LogP contribution in [0.5, 0.6) is 5.75 Å². The van der Waals surface area contributed by atoms with Crippen LogP contribution in [-0.2, 0) is 9.53 Å². The standard InChI is InChI=1S/C17H24Cl2N2O3.ClH/c1-23-7-4-20-11-17(22)21-5-2-13(3-6-21)12-24-16-9-14(18)8-15(19)10-16;/h8-10,13,20H,2-7,11-12H2,1H3;1H. The number of methoxy groups -OCH3 is 1. The van der Waals surface area contributed by atoms with Crippen LogP contribution in [-0.4, -0.2) is 57.3 Å². The summed E-state index contributed by atoms with van der Waals surface area (Å²) >= 11 is 11.9. The molecule has 0 radical (unpaired) electrons. The fourth-order valence-corrected chi connectivity index (χ4v) is 3.16. The molecule has 1 aliphatic rings. The van der Waals surface area contributed by atoms with Gasteiger partial charge in [0, 0.05) is 36.8 Å². The zero-order chi connectivity index (χ0) is 17.4. The number of nitrogens with one attached hydrogen (secondary N) is 1. The van der Waals surface area contributed by atoms with Crippen molar-refractivity contribution in [3.8, 4) is 5.75 Å². The Morgan fingerprint density at radius 1 is 1.24 bits per heavy atom. The molecular formula is C17H25Cl3N2O3. The number of hydrogen-bond acceptors (Lipinski definition) is 4. The van der Waals surface area contributed by atoms with Gasteiger partial charge in [0.25, 0.3) is 0 Å². The van der Waals surface area contributed by atoms with E-state index in [1.807, 2.05) is 4.90 Å². The van der Waals surface area contributed by atoms with Crippen molar-refractivity contribution in [3.63, 3.8) is 0 Å². The lowest BCUT2D eigenvalue weighted by molar-refractivity contribution is -0.131. The molecule has 0 spiro atoms. The molecule has 2 rings (SSSR count). The third-order valence-corrected chi connectivity index (χ3v) is 4.48. The number of benzene rings is 1. The van der Waals surface area contributed by atoms with E-state index in [9.17, 15) is 4.79 Å². The smallest absolute Gasteiger partial charge is 0.236 e. The molecule has 0 atom stereocenters. The third kappa shape index (κ3) is 8.01. The predicted molar refractivity (Wildman–Crippen MR) is 103 cm³/mol. The number of ether oxygens (including phenoxy) is 2. The summed E-state index contributed by atoms with van der Waals surface area (Å²) in [5.41, 5.74) is 0. The van der Waals surface area contributed by atoms with Crippen LogP contribution < -0.4 is 10.1 Å². The molecule has 1 aromatic rings. The van der Waals surface area contributed by atoms with Crippen LogP contribution in [0.15, 0.2) is 18.2 Å². The van der Waals surface area contributed by atoms with E-state index >= 15 is 0 Å². The Balaban J connectivity index is 0.00000312. The van der Waals surface area contributed by atoms with Crippen molar-refractivity contribution in [3.05, 3.63) is 28.2 Å². The van der Waals surface area contributed by atoms with Crippen molar-refractivity contribution in [1.82, 2.24) is 10.2 Å². The second-order valence-corrected chi connectivity index (χ2v) is 6.78. The Morgan fingerprint density at radius 2 is 1.88 bits per heavy atom. The van der Waals surface area contributed by atoms with Gasteiger partial charge in [-0.2, -0.15) is 0 Å². The Labute approximate surface area is 165 Å². The van der Waals surface area contributed by atoms with Gasteiger partial charge in [-0.15, -0.1) is 12.4 Å². The van der Waals surface area contributed by atoms with Gasteiger partial charge in [0.05, 0.1) is 19.8 Å². The maximum Gasteiger partial charge on any atom is 0.236 e. The topological polar surface area (TPSA) is 50.8 Å². The number of amides is 1. The molecule has 5 nitrogen and oxygen atoms in total. The largest absolute Gasteiger partial charge is 0.493 e. The van der Waals surface area contributed by atoms with E-state index in [1.54, 1.807) is 25.3 Å². The molecule has 0 aliphatic carbocycles. The minimum absolute atomic E-state index is 0. The van der Waals surface area contributed by atoms with E-state index in [1.165, 1.54) is 0 Å². The molecule has 1 aliphatic heterocycles. The fourth-order valence-electron chi connectivity index (χ4n) is 2.66. The molecule has 1 aromatic carbocycles. The number of carbonyl (C=O) groups excluding carboxylic acids is 1. The zero-order valence-electron chi connectivity index (χ0n) is 14.3. The van der Waals surface area contributed by atoms with Crippen LogP contribution in [0.3, 0.4) is 0 Å². The molecule has 142 valence electrons. The average Bonchev–Trinajstić information content (AvgIpc) is 2.56. The number of hydrogen-bond donors (Lipinski definition) is 1. The van der Waals surface area contributed by atoms with E-state index in [0.29, 0.717) is 48.0 Å². The maximum absolute atomic E-state index is 12.1. The highest BCUT2D eigenvalue weighted by Crippen LogP contribution is 2.25. The highest BCUT2D eigenvalue weighted by atomic mass is 35.5. The molecule has 0 bridgehead atoms. The number of rotatable bonds is 8. The monoisotopic (exact) mass is 410 g/mol. The summed E-state index contributed by atoms with van der Waals surface area (Å²) in [6.45, 7) is 3.83. The van der Waals surface area contributed by atoms with Gasteiger partial charge in [0.2, 0.25) is 5.91 Å². The first-order chi connectivity index (χ1) is 11.6. The minimum Gasteiger partial charge on any atom is -0.493 e. The molecular weight excluding hydrogens is 387 g/mol. The van der Waals surface area contributed by atoms with Crippen LogP contribution in [0.2, 0.25) is 10.0 Å². The van der Waals surface area contributed by atoms with Gasteiger partial charge in [-0.3, -0.25) is 4.79 Å². The summed E-state index contributed by atoms with van der Waals surface area (Å²) < 4.78 is 10.7. The number of piperidine rings is 1. The molecule has 1 N–H and O–H groups in total. The van der Waals surface area contributed by atoms with Crippen molar-refractivity contribution in [2.75, 3.05) is 46.5 Å². The molecule has 1 heterocycles. The lowest BCUT2D eigenvalue weighted by Crippen LogP contribution is -2.44. The van der Waals surface area contributed by atoms with Crippen molar-refractivity contribution >= 4 is 41.5 Å². The summed E-state index contributed by atoms with van der Waals surface area (Å²) in [5.74, 6) is 1.27. The van der Waals surface area contributed by atoms with Gasteiger partial charge >= 0.3 is 0 Å². The average molecular weight is 412 g/mol. The van der Waals surface area contributed by atoms with Gasteiger partial charge in [0.1, 0.15) is 5.75 Å². The summed E-state index contributed by atoms with van der Waals surface area (Å²) in [7, 11) is 1.65. The van der Waals surface area contributed by atoms with E-state index in [0.717, 1.165) is 25.9 Å². The van der Waals surface area contributed by atoms with E-state index in [2.05, 4.69) is 5.32 Å². The molecule has 8 heteroatoms. The third-order valence-electron chi connectivity index (χ3n) is 4.05. The lowest BCUT2D eigenvalue weighted by atomic mass is 9.98. The summed E-state index contributed by atoms with van der Waals surface area (Å²) in [5, 5.41) is 4.22. The van der Waals surface area contributed by atoms with E-state index in [-0.39, 0.29) is 18.3 Å². The normalized spacial score (nSPS) is 14.9. The first-order valence-electron chi connectivity index (χ1n) is 8.15. The summed E-state index contributed by atoms with van der Waals surface area (Å²) in [6.07, 6.45) is 1.89. The first-order valence-corrected chi connectivity index (χ1v) is 8.90. The minimum atomic E-state index is 0. The molecule has 1 fully saturated rings. The quantitative estimate of drug-likeness (QED) is 0.667. The van der Waals surface area contributed by atoms with Crippen molar-refractivity contribution in [2.45, 2.75) is 12.8 Å². The van der Waals surface area contributed by atoms with Crippen molar-refractivity contribution in [1.29, 1.82) is 0 Å². The van der Waals surface area contributed by atoms with Crippen LogP contribution in [0.1, 0.15) is 12.8 Å². The second-order valence-electron chi connectivity index (χ2n) is 5.91. The molecule has 0 aromatic heterocycles. The number of likely N-dealkylation sites (tertiary alicyclic amines) is 1. The fraction of sp³-hybridized carbons (Fsp3) is 0.588. The number of nitrogens with zero attached hydrogens (tertiary/aromatic N) is 1. The van der Waals surface area contributed by atoms with Crippen LogP contribution in [0.25, 0.3) is 0 Å². The number of carbonyl (C=O) groups is 1. The highest BCUT2D eigenvalue weighted by Gasteiger charge is 2.22. The Kier molecular flexibility index (Phi) is 10.5. The summed E-state index contributed by atoms with van der Waals surface area (Å²) in [4.78, 5) is 14.0.